The second-order valence-corrected chi connectivity index (χ2v) is 7.35. The van der Waals surface area contributed by atoms with Crippen molar-refractivity contribution in [2.75, 3.05) is 6.61 Å². The maximum absolute atomic E-state index is 11.7. The van der Waals surface area contributed by atoms with E-state index in [0.29, 0.717) is 13.0 Å². The van der Waals surface area contributed by atoms with Crippen LogP contribution in [0.2, 0.25) is 0 Å². The molecule has 2 aliphatic heterocycles. The molecule has 0 saturated heterocycles. The Hall–Kier alpha value is -1.89. The molecule has 0 fully saturated rings. The molecule has 3 heterocycles. The predicted molar refractivity (Wildman–Crippen MR) is 99.4 cm³/mol. The number of esters is 1. The Balaban J connectivity index is 1.56. The van der Waals surface area contributed by atoms with Crippen LogP contribution in [0.1, 0.15) is 57.3 Å². The van der Waals surface area contributed by atoms with Crippen molar-refractivity contribution in [3.05, 3.63) is 28.2 Å². The summed E-state index contributed by atoms with van der Waals surface area (Å²) in [5.41, 5.74) is 2.22. The van der Waals surface area contributed by atoms with Crippen LogP contribution in [0.5, 0.6) is 0 Å². The highest BCUT2D eigenvalue weighted by atomic mass is 32.2. The summed E-state index contributed by atoms with van der Waals surface area (Å²) in [5, 5.41) is 0.951. The first-order chi connectivity index (χ1) is 12.1. The molecule has 0 spiro atoms. The molecule has 1 aromatic rings. The normalized spacial score (nSPS) is 15.8. The van der Waals surface area contributed by atoms with E-state index < -0.39 is 0 Å². The molecule has 0 N–H and O–H groups in total. The quantitative estimate of drug-likeness (QED) is 0.539. The summed E-state index contributed by atoms with van der Waals surface area (Å²) >= 11 is 1.65. The number of unbranched alkanes of at least 4 members (excludes halogenated alkanes) is 2. The average molecular weight is 360 g/mol. The molecule has 0 aromatic carbocycles. The minimum atomic E-state index is -0.0945. The van der Waals surface area contributed by atoms with E-state index in [4.69, 9.17) is 4.74 Å². The minimum absolute atomic E-state index is 0.0945. The molecule has 0 bridgehead atoms. The van der Waals surface area contributed by atoms with Gasteiger partial charge in [-0.3, -0.25) is 4.79 Å². The fourth-order valence-electron chi connectivity index (χ4n) is 2.84. The van der Waals surface area contributed by atoms with E-state index in [2.05, 4.69) is 33.7 Å². The van der Waals surface area contributed by atoms with Crippen LogP contribution in [0.25, 0.3) is 0 Å². The number of carbonyl (C=O) groups excluding carboxylic acids is 1. The Labute approximate surface area is 152 Å². The zero-order chi connectivity index (χ0) is 17.8. The van der Waals surface area contributed by atoms with Crippen LogP contribution in [0.15, 0.2) is 21.8 Å². The van der Waals surface area contributed by atoms with Crippen molar-refractivity contribution < 1.29 is 9.53 Å². The highest BCUT2D eigenvalue weighted by Gasteiger charge is 2.31. The number of nitrogens with zero attached hydrogens (tertiary/aromatic N) is 4. The third kappa shape index (κ3) is 4.21. The number of amidine groups is 1. The summed E-state index contributed by atoms with van der Waals surface area (Å²) < 4.78 is 5.36. The van der Waals surface area contributed by atoms with Gasteiger partial charge in [0.1, 0.15) is 5.82 Å². The lowest BCUT2D eigenvalue weighted by molar-refractivity contribution is -0.143. The van der Waals surface area contributed by atoms with Crippen molar-refractivity contribution in [2.24, 2.45) is 4.99 Å². The van der Waals surface area contributed by atoms with Gasteiger partial charge in [0.05, 0.1) is 13.2 Å². The highest BCUT2D eigenvalue weighted by Crippen LogP contribution is 2.41. The van der Waals surface area contributed by atoms with Gasteiger partial charge in [-0.1, -0.05) is 31.5 Å². The molecule has 7 heteroatoms. The van der Waals surface area contributed by atoms with Crippen molar-refractivity contribution in [3.8, 4) is 0 Å². The lowest BCUT2D eigenvalue weighted by Gasteiger charge is -2.24. The molecule has 0 unspecified atom stereocenters. The number of hydrogen-bond donors (Lipinski definition) is 0. The molecular weight excluding hydrogens is 336 g/mol. The van der Waals surface area contributed by atoms with Crippen molar-refractivity contribution in [3.63, 3.8) is 0 Å². The lowest BCUT2D eigenvalue weighted by Crippen LogP contribution is -2.25. The van der Waals surface area contributed by atoms with Gasteiger partial charge >= 0.3 is 5.97 Å². The van der Waals surface area contributed by atoms with E-state index >= 15 is 0 Å². The van der Waals surface area contributed by atoms with E-state index in [0.717, 1.165) is 54.6 Å². The maximum atomic E-state index is 11.7. The smallest absolute Gasteiger partial charge is 0.305 e. The van der Waals surface area contributed by atoms with Crippen LogP contribution in [-0.4, -0.2) is 32.6 Å². The number of aromatic nitrogens is 2. The van der Waals surface area contributed by atoms with Crippen LogP contribution in [0.3, 0.4) is 0 Å². The van der Waals surface area contributed by atoms with Gasteiger partial charge in [0.25, 0.3) is 0 Å². The Morgan fingerprint density at radius 1 is 1.36 bits per heavy atom. The second kappa shape index (κ2) is 7.99. The number of rotatable bonds is 7. The lowest BCUT2D eigenvalue weighted by atomic mass is 10.2. The van der Waals surface area contributed by atoms with Crippen molar-refractivity contribution in [2.45, 2.75) is 59.4 Å². The summed E-state index contributed by atoms with van der Waals surface area (Å²) in [5.74, 6) is 1.41. The SMILES string of the molecule is CCCCCC(=O)OCCC1=C(C)N2Cc3cnc(C)nc3N=C2S1. The van der Waals surface area contributed by atoms with Crippen LogP contribution < -0.4 is 0 Å². The molecule has 1 aromatic heterocycles. The summed E-state index contributed by atoms with van der Waals surface area (Å²) in [7, 11) is 0. The van der Waals surface area contributed by atoms with Crippen LogP contribution in [-0.2, 0) is 16.1 Å². The molecule has 134 valence electrons. The fourth-order valence-corrected chi connectivity index (χ4v) is 3.94. The number of carbonyl (C=O) groups is 1. The first kappa shape index (κ1) is 17.9. The molecule has 0 radical (unpaired) electrons. The van der Waals surface area contributed by atoms with Crippen LogP contribution in [0, 0.1) is 6.92 Å². The number of aryl methyl sites for hydroxylation is 1. The molecule has 0 atom stereocenters. The van der Waals surface area contributed by atoms with Crippen LogP contribution >= 0.6 is 11.8 Å². The Kier molecular flexibility index (Phi) is 5.73. The Morgan fingerprint density at radius 3 is 3.00 bits per heavy atom. The van der Waals surface area contributed by atoms with E-state index in [9.17, 15) is 4.79 Å². The van der Waals surface area contributed by atoms with Gasteiger partial charge in [-0.2, -0.15) is 0 Å². The third-order valence-electron chi connectivity index (χ3n) is 4.32. The Bertz CT molecular complexity index is 730. The Morgan fingerprint density at radius 2 is 2.20 bits per heavy atom. The van der Waals surface area contributed by atoms with Gasteiger partial charge < -0.3 is 9.64 Å². The van der Waals surface area contributed by atoms with Gasteiger partial charge in [0, 0.05) is 35.2 Å². The topological polar surface area (TPSA) is 67.7 Å². The molecule has 2 aliphatic rings. The maximum Gasteiger partial charge on any atom is 0.305 e. The molecule has 0 aliphatic carbocycles. The van der Waals surface area contributed by atoms with E-state index in [1.807, 2.05) is 13.1 Å². The summed E-state index contributed by atoms with van der Waals surface area (Å²) in [4.78, 5) is 28.4. The number of allylic oxidation sites excluding steroid dienone is 1. The third-order valence-corrected chi connectivity index (χ3v) is 5.56. The second-order valence-electron chi connectivity index (χ2n) is 6.28. The molecule has 25 heavy (non-hydrogen) atoms. The van der Waals surface area contributed by atoms with E-state index in [1.165, 1.54) is 10.6 Å². The van der Waals surface area contributed by atoms with Gasteiger partial charge in [-0.25, -0.2) is 15.0 Å². The number of thioether (sulfide) groups is 1. The number of fused-ring (bicyclic) bond motifs is 2. The van der Waals surface area contributed by atoms with E-state index in [-0.39, 0.29) is 5.97 Å². The van der Waals surface area contributed by atoms with E-state index in [1.54, 1.807) is 11.8 Å². The first-order valence-corrected chi connectivity index (χ1v) is 9.62. The zero-order valence-corrected chi connectivity index (χ0v) is 15.9. The van der Waals surface area contributed by atoms with Gasteiger partial charge in [0.2, 0.25) is 0 Å². The first-order valence-electron chi connectivity index (χ1n) is 8.80. The standard InChI is InChI=1S/C18H24N4O2S/c1-4-5-6-7-16(23)24-9-8-15-12(2)22-11-14-10-19-13(3)20-17(14)21-18(22)25-15/h10H,4-9,11H2,1-3H3. The predicted octanol–water partition coefficient (Wildman–Crippen LogP) is 4.08. The average Bonchev–Trinajstić information content (AvgIpc) is 2.88. The fraction of sp³-hybridized carbons (Fsp3) is 0.556. The minimum Gasteiger partial charge on any atom is -0.465 e. The van der Waals surface area contributed by atoms with Crippen LogP contribution in [0.4, 0.5) is 5.82 Å². The summed E-state index contributed by atoms with van der Waals surface area (Å²) in [6, 6.07) is 0. The summed E-state index contributed by atoms with van der Waals surface area (Å²) in [6.45, 7) is 7.26. The van der Waals surface area contributed by atoms with Crippen molar-refractivity contribution in [1.29, 1.82) is 0 Å². The van der Waals surface area contributed by atoms with Gasteiger partial charge in [-0.15, -0.1) is 0 Å². The molecule has 6 nitrogen and oxygen atoms in total. The summed E-state index contributed by atoms with van der Waals surface area (Å²) in [6.07, 6.45) is 6.20. The molecular formula is C18H24N4O2S. The monoisotopic (exact) mass is 360 g/mol. The van der Waals surface area contributed by atoms with Crippen molar-refractivity contribution >= 4 is 28.7 Å². The molecule has 3 rings (SSSR count). The number of aliphatic imine (C=N–C) groups is 1. The zero-order valence-electron chi connectivity index (χ0n) is 15.0. The van der Waals surface area contributed by atoms with Gasteiger partial charge in [-0.05, 0) is 20.3 Å². The largest absolute Gasteiger partial charge is 0.465 e. The van der Waals surface area contributed by atoms with Crippen molar-refractivity contribution in [1.82, 2.24) is 14.9 Å². The van der Waals surface area contributed by atoms with Gasteiger partial charge in [0.15, 0.2) is 11.0 Å². The molecule has 0 saturated carbocycles. The highest BCUT2D eigenvalue weighted by molar-refractivity contribution is 8.17. The molecule has 0 amide bonds. The number of ether oxygens (including phenoxy) is 1. The number of hydrogen-bond acceptors (Lipinski definition) is 7.